The van der Waals surface area contributed by atoms with Crippen molar-refractivity contribution < 1.29 is 9.53 Å². The molecule has 1 heterocycles. The fourth-order valence-corrected chi connectivity index (χ4v) is 1.06. The Morgan fingerprint density at radius 1 is 1.33 bits per heavy atom. The van der Waals surface area contributed by atoms with Gasteiger partial charge in [0, 0.05) is 18.0 Å². The lowest BCUT2D eigenvalue weighted by atomic mass is 10.0. The van der Waals surface area contributed by atoms with Gasteiger partial charge >= 0.3 is 5.97 Å². The first-order chi connectivity index (χ1) is 6.90. The molecule has 0 fully saturated rings. The first-order valence-electron chi connectivity index (χ1n) is 4.88. The predicted octanol–water partition coefficient (Wildman–Crippen LogP) is 1.92. The molecular weight excluding hydrogens is 192 g/mol. The number of nitrogens with zero attached hydrogens (tertiary/aromatic N) is 2. The van der Waals surface area contributed by atoms with Crippen molar-refractivity contribution in [3.63, 3.8) is 0 Å². The topological polar surface area (TPSA) is 52.1 Å². The van der Waals surface area contributed by atoms with Crippen molar-refractivity contribution in [2.24, 2.45) is 0 Å². The van der Waals surface area contributed by atoms with Crippen molar-refractivity contribution >= 4 is 5.97 Å². The third-order valence-corrected chi connectivity index (χ3v) is 1.84. The molecule has 0 spiro atoms. The summed E-state index contributed by atoms with van der Waals surface area (Å²) in [5, 5.41) is 0. The van der Waals surface area contributed by atoms with Gasteiger partial charge in [0.15, 0.2) is 0 Å². The average Bonchev–Trinajstić information content (AvgIpc) is 2.15. The number of carbonyl (C=O) groups is 1. The van der Waals surface area contributed by atoms with E-state index in [-0.39, 0.29) is 11.9 Å². The molecule has 0 aliphatic rings. The van der Waals surface area contributed by atoms with Gasteiger partial charge in [-0.1, -0.05) is 0 Å². The van der Waals surface area contributed by atoms with E-state index >= 15 is 0 Å². The zero-order valence-electron chi connectivity index (χ0n) is 9.52. The van der Waals surface area contributed by atoms with E-state index < -0.39 is 5.60 Å². The van der Waals surface area contributed by atoms with Crippen LogP contribution < -0.4 is 0 Å². The van der Waals surface area contributed by atoms with Crippen LogP contribution in [0, 0.1) is 0 Å². The lowest BCUT2D eigenvalue weighted by molar-refractivity contribution is -0.156. The molecule has 1 rings (SSSR count). The smallest absolute Gasteiger partial charge is 0.313 e. The van der Waals surface area contributed by atoms with Crippen LogP contribution in [-0.4, -0.2) is 21.5 Å². The summed E-state index contributed by atoms with van der Waals surface area (Å²) in [6.45, 7) is 7.32. The second-order valence-corrected chi connectivity index (χ2v) is 4.43. The van der Waals surface area contributed by atoms with Gasteiger partial charge in [-0.15, -0.1) is 0 Å². The van der Waals surface area contributed by atoms with Gasteiger partial charge in [-0.25, -0.2) is 9.97 Å². The molecule has 82 valence electrons. The lowest BCUT2D eigenvalue weighted by Gasteiger charge is -2.22. The van der Waals surface area contributed by atoms with Gasteiger partial charge in [-0.3, -0.25) is 4.79 Å². The number of esters is 1. The molecule has 0 aliphatic heterocycles. The molecule has 1 atom stereocenters. The first kappa shape index (κ1) is 11.6. The largest absolute Gasteiger partial charge is 0.460 e. The van der Waals surface area contributed by atoms with Crippen LogP contribution in [0.1, 0.15) is 39.2 Å². The normalized spacial score (nSPS) is 13.3. The molecule has 0 aromatic carbocycles. The summed E-state index contributed by atoms with van der Waals surface area (Å²) in [6.07, 6.45) is 4.69. The first-order valence-corrected chi connectivity index (χ1v) is 4.88. The monoisotopic (exact) mass is 208 g/mol. The molecule has 0 aliphatic carbocycles. The van der Waals surface area contributed by atoms with Gasteiger partial charge in [0.25, 0.3) is 0 Å². The van der Waals surface area contributed by atoms with Gasteiger partial charge in [-0.05, 0) is 27.7 Å². The molecule has 15 heavy (non-hydrogen) atoms. The lowest BCUT2D eigenvalue weighted by Crippen LogP contribution is -2.26. The molecule has 0 saturated carbocycles. The summed E-state index contributed by atoms with van der Waals surface area (Å²) >= 11 is 0. The Kier molecular flexibility index (Phi) is 3.39. The predicted molar refractivity (Wildman–Crippen MR) is 56.3 cm³/mol. The van der Waals surface area contributed by atoms with E-state index in [9.17, 15) is 4.79 Å². The molecule has 4 nitrogen and oxygen atoms in total. The fraction of sp³-hybridized carbons (Fsp3) is 0.545. The molecule has 0 saturated heterocycles. The SMILES string of the molecule is CC(C(=O)OC(C)(C)C)c1cncnc1. The van der Waals surface area contributed by atoms with E-state index in [0.29, 0.717) is 0 Å². The molecule has 0 N–H and O–H groups in total. The van der Waals surface area contributed by atoms with Crippen molar-refractivity contribution in [1.82, 2.24) is 9.97 Å². The van der Waals surface area contributed by atoms with Crippen molar-refractivity contribution in [1.29, 1.82) is 0 Å². The molecule has 1 unspecified atom stereocenters. The minimum absolute atomic E-state index is 0.252. The van der Waals surface area contributed by atoms with Gasteiger partial charge < -0.3 is 4.74 Å². The Morgan fingerprint density at radius 2 is 1.87 bits per heavy atom. The second-order valence-electron chi connectivity index (χ2n) is 4.43. The van der Waals surface area contributed by atoms with Crippen LogP contribution >= 0.6 is 0 Å². The molecule has 0 amide bonds. The molecule has 1 aromatic rings. The number of carbonyl (C=O) groups excluding carboxylic acids is 1. The molecule has 4 heteroatoms. The number of hydrogen-bond donors (Lipinski definition) is 0. The number of hydrogen-bond acceptors (Lipinski definition) is 4. The molecular formula is C11H16N2O2. The van der Waals surface area contributed by atoms with E-state index in [0.717, 1.165) is 5.56 Å². The summed E-state index contributed by atoms with van der Waals surface area (Å²) in [4.78, 5) is 19.4. The van der Waals surface area contributed by atoms with E-state index in [1.165, 1.54) is 6.33 Å². The van der Waals surface area contributed by atoms with Crippen LogP contribution in [0.2, 0.25) is 0 Å². The minimum atomic E-state index is -0.457. The summed E-state index contributed by atoms with van der Waals surface area (Å²) in [5.41, 5.74) is 0.313. The molecule has 0 bridgehead atoms. The summed E-state index contributed by atoms with van der Waals surface area (Å²) in [5.74, 6) is -0.581. The van der Waals surface area contributed by atoms with Crippen LogP contribution in [0.3, 0.4) is 0 Å². The summed E-state index contributed by atoms with van der Waals surface area (Å²) in [6, 6.07) is 0. The highest BCUT2D eigenvalue weighted by Gasteiger charge is 2.23. The Labute approximate surface area is 89.7 Å². The van der Waals surface area contributed by atoms with Gasteiger partial charge in [0.1, 0.15) is 11.9 Å². The third kappa shape index (κ3) is 3.65. The zero-order chi connectivity index (χ0) is 11.5. The van der Waals surface area contributed by atoms with Crippen LogP contribution in [0.4, 0.5) is 0 Å². The van der Waals surface area contributed by atoms with Gasteiger partial charge in [0.2, 0.25) is 0 Å². The van der Waals surface area contributed by atoms with Crippen molar-refractivity contribution in [3.8, 4) is 0 Å². The molecule has 0 radical (unpaired) electrons. The summed E-state index contributed by atoms with van der Waals surface area (Å²) < 4.78 is 5.26. The van der Waals surface area contributed by atoms with Gasteiger partial charge in [-0.2, -0.15) is 0 Å². The van der Waals surface area contributed by atoms with E-state index in [4.69, 9.17) is 4.74 Å². The van der Waals surface area contributed by atoms with E-state index in [2.05, 4.69) is 9.97 Å². The minimum Gasteiger partial charge on any atom is -0.460 e. The van der Waals surface area contributed by atoms with Crippen LogP contribution in [0.15, 0.2) is 18.7 Å². The van der Waals surface area contributed by atoms with Crippen LogP contribution in [-0.2, 0) is 9.53 Å². The average molecular weight is 208 g/mol. The highest BCUT2D eigenvalue weighted by molar-refractivity contribution is 5.77. The van der Waals surface area contributed by atoms with Crippen LogP contribution in [0.25, 0.3) is 0 Å². The van der Waals surface area contributed by atoms with E-state index in [1.54, 1.807) is 19.3 Å². The highest BCUT2D eigenvalue weighted by atomic mass is 16.6. The second kappa shape index (κ2) is 4.38. The Bertz CT molecular complexity index is 330. The number of aromatic nitrogens is 2. The standard InChI is InChI=1S/C11H16N2O2/c1-8(9-5-12-7-13-6-9)10(14)15-11(2,3)4/h5-8H,1-4H3. The van der Waals surface area contributed by atoms with E-state index in [1.807, 2.05) is 20.8 Å². The maximum Gasteiger partial charge on any atom is 0.313 e. The van der Waals surface area contributed by atoms with Gasteiger partial charge in [0.05, 0.1) is 5.92 Å². The van der Waals surface area contributed by atoms with Crippen molar-refractivity contribution in [2.75, 3.05) is 0 Å². The summed E-state index contributed by atoms with van der Waals surface area (Å²) in [7, 11) is 0. The number of ether oxygens (including phenoxy) is 1. The fourth-order valence-electron chi connectivity index (χ4n) is 1.06. The van der Waals surface area contributed by atoms with Crippen molar-refractivity contribution in [3.05, 3.63) is 24.3 Å². The Balaban J connectivity index is 2.70. The third-order valence-electron chi connectivity index (χ3n) is 1.84. The number of rotatable bonds is 2. The Hall–Kier alpha value is -1.45. The van der Waals surface area contributed by atoms with Crippen LogP contribution in [0.5, 0.6) is 0 Å². The Morgan fingerprint density at radius 3 is 2.33 bits per heavy atom. The highest BCUT2D eigenvalue weighted by Crippen LogP contribution is 2.18. The molecule has 1 aromatic heterocycles. The maximum absolute atomic E-state index is 11.7. The maximum atomic E-state index is 11.7. The van der Waals surface area contributed by atoms with Crippen molar-refractivity contribution in [2.45, 2.75) is 39.2 Å². The quantitative estimate of drug-likeness (QED) is 0.697. The zero-order valence-corrected chi connectivity index (χ0v) is 9.52.